The first kappa shape index (κ1) is 19.8. The molecule has 3 N–H and O–H groups in total. The molecule has 0 saturated carbocycles. The van der Waals surface area contributed by atoms with Crippen LogP contribution in [0.25, 0.3) is 0 Å². The van der Waals surface area contributed by atoms with Crippen LogP contribution in [0.5, 0.6) is 0 Å². The Balaban J connectivity index is 0.00000264. The number of amides is 2. The second-order valence-electron chi connectivity index (χ2n) is 5.31. The summed E-state index contributed by atoms with van der Waals surface area (Å²) < 4.78 is 0. The van der Waals surface area contributed by atoms with Gasteiger partial charge in [0.2, 0.25) is 5.91 Å². The smallest absolute Gasteiger partial charge is 0.251 e. The molecule has 1 fully saturated rings. The Morgan fingerprint density at radius 2 is 2.22 bits per heavy atom. The van der Waals surface area contributed by atoms with Gasteiger partial charge in [0.05, 0.1) is 0 Å². The van der Waals surface area contributed by atoms with Crippen LogP contribution in [0.2, 0.25) is 0 Å². The van der Waals surface area contributed by atoms with Gasteiger partial charge in [-0.25, -0.2) is 0 Å². The van der Waals surface area contributed by atoms with Gasteiger partial charge in [0.25, 0.3) is 5.91 Å². The van der Waals surface area contributed by atoms with Crippen LogP contribution in [0.15, 0.2) is 24.3 Å². The minimum Gasteiger partial charge on any atom is -0.352 e. The zero-order chi connectivity index (χ0) is 15.8. The number of thioether (sulfide) groups is 1. The third-order valence-corrected chi connectivity index (χ3v) is 4.51. The van der Waals surface area contributed by atoms with E-state index >= 15 is 0 Å². The maximum absolute atomic E-state index is 12.1. The molecule has 0 aliphatic carbocycles. The second kappa shape index (κ2) is 10.5. The molecule has 1 saturated heterocycles. The second-order valence-corrected chi connectivity index (χ2v) is 6.46. The molecular weight excluding hydrogens is 334 g/mol. The minimum atomic E-state index is -0.108. The molecule has 1 heterocycles. The molecule has 5 nitrogen and oxygen atoms in total. The van der Waals surface area contributed by atoms with E-state index in [9.17, 15) is 9.59 Å². The molecular formula is C16H24ClN3O2S. The molecule has 0 bridgehead atoms. The zero-order valence-electron chi connectivity index (χ0n) is 13.3. The van der Waals surface area contributed by atoms with Gasteiger partial charge in [0.1, 0.15) is 0 Å². The molecule has 1 unspecified atom stereocenters. The van der Waals surface area contributed by atoms with Crippen molar-refractivity contribution in [3.8, 4) is 0 Å². The lowest BCUT2D eigenvalue weighted by molar-refractivity contribution is -0.116. The van der Waals surface area contributed by atoms with E-state index in [4.69, 9.17) is 0 Å². The van der Waals surface area contributed by atoms with E-state index in [1.807, 2.05) is 18.7 Å². The highest BCUT2D eigenvalue weighted by atomic mass is 35.5. The average Bonchev–Trinajstić information content (AvgIpc) is 2.53. The fourth-order valence-corrected chi connectivity index (χ4v) is 3.21. The summed E-state index contributed by atoms with van der Waals surface area (Å²) in [6.45, 7) is 3.62. The van der Waals surface area contributed by atoms with Gasteiger partial charge in [0.15, 0.2) is 0 Å². The van der Waals surface area contributed by atoms with Crippen molar-refractivity contribution in [2.24, 2.45) is 0 Å². The summed E-state index contributed by atoms with van der Waals surface area (Å²) in [5.74, 6) is 1.94. The van der Waals surface area contributed by atoms with E-state index < -0.39 is 0 Å². The van der Waals surface area contributed by atoms with Crippen molar-refractivity contribution in [1.29, 1.82) is 0 Å². The molecule has 2 rings (SSSR count). The minimum absolute atomic E-state index is 0. The van der Waals surface area contributed by atoms with E-state index in [0.29, 0.717) is 24.2 Å². The number of benzene rings is 1. The topological polar surface area (TPSA) is 70.2 Å². The Bertz CT molecular complexity index is 522. The summed E-state index contributed by atoms with van der Waals surface area (Å²) in [5, 5.41) is 9.05. The number of carbonyl (C=O) groups excluding carboxylic acids is 2. The van der Waals surface area contributed by atoms with Crippen LogP contribution < -0.4 is 16.0 Å². The lowest BCUT2D eigenvalue weighted by Crippen LogP contribution is -2.39. The Morgan fingerprint density at radius 3 is 2.91 bits per heavy atom. The normalized spacial score (nSPS) is 17.0. The summed E-state index contributed by atoms with van der Waals surface area (Å²) in [5.41, 5.74) is 1.23. The third-order valence-electron chi connectivity index (χ3n) is 3.37. The van der Waals surface area contributed by atoms with Gasteiger partial charge < -0.3 is 16.0 Å². The quantitative estimate of drug-likeness (QED) is 0.730. The number of carbonyl (C=O) groups is 2. The molecule has 0 radical (unpaired) electrons. The van der Waals surface area contributed by atoms with Gasteiger partial charge in [-0.05, 0) is 24.6 Å². The van der Waals surface area contributed by atoms with Crippen LogP contribution in [0.1, 0.15) is 30.1 Å². The van der Waals surface area contributed by atoms with Gasteiger partial charge in [-0.3, -0.25) is 9.59 Å². The molecule has 128 valence electrons. The Labute approximate surface area is 147 Å². The summed E-state index contributed by atoms with van der Waals surface area (Å²) in [4.78, 5) is 24.0. The highest BCUT2D eigenvalue weighted by Gasteiger charge is 2.17. The van der Waals surface area contributed by atoms with Crippen molar-refractivity contribution in [3.63, 3.8) is 0 Å². The summed E-state index contributed by atoms with van der Waals surface area (Å²) in [6, 6.07) is 7.28. The van der Waals surface area contributed by atoms with Crippen molar-refractivity contribution >= 4 is 41.7 Å². The SMILES string of the molecule is CCCNC(=O)c1cccc(NC(=O)CC2CSCCN2)c1.Cl. The monoisotopic (exact) mass is 357 g/mol. The standard InChI is InChI=1S/C16H23N3O2S.ClH/c1-2-6-18-16(21)12-4-3-5-13(9-12)19-15(20)10-14-11-22-8-7-17-14;/h3-5,9,14,17H,2,6-8,10-11H2,1H3,(H,18,21)(H,19,20);1H. The third kappa shape index (κ3) is 6.81. The Hall–Kier alpha value is -1.24. The maximum atomic E-state index is 12.1. The molecule has 7 heteroatoms. The van der Waals surface area contributed by atoms with Gasteiger partial charge in [0, 0.05) is 48.3 Å². The highest BCUT2D eigenvalue weighted by Crippen LogP contribution is 2.14. The largest absolute Gasteiger partial charge is 0.352 e. The first-order valence-corrected chi connectivity index (χ1v) is 8.83. The number of anilines is 1. The van der Waals surface area contributed by atoms with Crippen molar-refractivity contribution in [2.45, 2.75) is 25.8 Å². The fraction of sp³-hybridized carbons (Fsp3) is 0.500. The van der Waals surface area contributed by atoms with Crippen LogP contribution in [0.3, 0.4) is 0 Å². The molecule has 1 aliphatic rings. The number of hydrogen-bond acceptors (Lipinski definition) is 4. The number of rotatable bonds is 6. The van der Waals surface area contributed by atoms with E-state index in [1.165, 1.54) is 0 Å². The highest BCUT2D eigenvalue weighted by molar-refractivity contribution is 7.99. The predicted octanol–water partition coefficient (Wildman–Crippen LogP) is 2.28. The summed E-state index contributed by atoms with van der Waals surface area (Å²) in [7, 11) is 0. The van der Waals surface area contributed by atoms with E-state index in [-0.39, 0.29) is 30.3 Å². The van der Waals surface area contributed by atoms with Crippen LogP contribution in [0, 0.1) is 0 Å². The van der Waals surface area contributed by atoms with Crippen molar-refractivity contribution < 1.29 is 9.59 Å². The Kier molecular flexibility index (Phi) is 9.06. The van der Waals surface area contributed by atoms with Crippen LogP contribution >= 0.6 is 24.2 Å². The first-order chi connectivity index (χ1) is 10.7. The molecule has 23 heavy (non-hydrogen) atoms. The predicted molar refractivity (Wildman–Crippen MR) is 98.7 cm³/mol. The molecule has 1 aromatic carbocycles. The lowest BCUT2D eigenvalue weighted by Gasteiger charge is -2.22. The Morgan fingerprint density at radius 1 is 1.39 bits per heavy atom. The van der Waals surface area contributed by atoms with Crippen LogP contribution in [-0.4, -0.2) is 42.5 Å². The van der Waals surface area contributed by atoms with Gasteiger partial charge in [-0.1, -0.05) is 13.0 Å². The molecule has 2 amide bonds. The molecule has 0 aromatic heterocycles. The average molecular weight is 358 g/mol. The van der Waals surface area contributed by atoms with Gasteiger partial charge in [-0.15, -0.1) is 12.4 Å². The van der Waals surface area contributed by atoms with Gasteiger partial charge in [-0.2, -0.15) is 11.8 Å². The zero-order valence-corrected chi connectivity index (χ0v) is 14.9. The lowest BCUT2D eigenvalue weighted by atomic mass is 10.1. The number of nitrogens with one attached hydrogen (secondary N) is 3. The molecule has 1 aromatic rings. The van der Waals surface area contributed by atoms with Crippen molar-refractivity contribution in [2.75, 3.05) is 29.9 Å². The van der Waals surface area contributed by atoms with Crippen LogP contribution in [-0.2, 0) is 4.79 Å². The number of halogens is 1. The number of hydrogen-bond donors (Lipinski definition) is 3. The van der Waals surface area contributed by atoms with E-state index in [0.717, 1.165) is 24.5 Å². The molecule has 1 aliphatic heterocycles. The summed E-state index contributed by atoms with van der Waals surface area (Å²) in [6.07, 6.45) is 1.35. The van der Waals surface area contributed by atoms with Crippen molar-refractivity contribution in [3.05, 3.63) is 29.8 Å². The van der Waals surface area contributed by atoms with Gasteiger partial charge >= 0.3 is 0 Å². The molecule has 0 spiro atoms. The fourth-order valence-electron chi connectivity index (χ4n) is 2.27. The van der Waals surface area contributed by atoms with Crippen molar-refractivity contribution in [1.82, 2.24) is 10.6 Å². The maximum Gasteiger partial charge on any atom is 0.251 e. The molecule has 1 atom stereocenters. The van der Waals surface area contributed by atoms with Crippen LogP contribution in [0.4, 0.5) is 5.69 Å². The summed E-state index contributed by atoms with van der Waals surface area (Å²) >= 11 is 1.87. The van der Waals surface area contributed by atoms with E-state index in [1.54, 1.807) is 24.3 Å². The van der Waals surface area contributed by atoms with E-state index in [2.05, 4.69) is 16.0 Å². The first-order valence-electron chi connectivity index (χ1n) is 7.68.